The van der Waals surface area contributed by atoms with Crippen LogP contribution < -0.4 is 4.90 Å². The Balaban J connectivity index is 1.21. The lowest BCUT2D eigenvalue weighted by molar-refractivity contribution is 0.660. The molecule has 2 nitrogen and oxygen atoms in total. The van der Waals surface area contributed by atoms with Gasteiger partial charge in [0.15, 0.2) is 0 Å². The van der Waals surface area contributed by atoms with Gasteiger partial charge in [-0.2, -0.15) is 0 Å². The lowest BCUT2D eigenvalue weighted by Crippen LogP contribution is -2.17. The Labute approximate surface area is 310 Å². The highest BCUT2D eigenvalue weighted by atomic mass is 16.3. The van der Waals surface area contributed by atoms with Gasteiger partial charge in [0.05, 0.1) is 11.4 Å². The Morgan fingerprint density at radius 2 is 0.962 bits per heavy atom. The van der Waals surface area contributed by atoms with Crippen molar-refractivity contribution in [3.05, 3.63) is 199 Å². The summed E-state index contributed by atoms with van der Waals surface area (Å²) in [6.45, 7) is 4.71. The quantitative estimate of drug-likeness (QED) is 0.174. The summed E-state index contributed by atoms with van der Waals surface area (Å²) in [4.78, 5) is 2.47. The van der Waals surface area contributed by atoms with Gasteiger partial charge in [-0.05, 0) is 80.9 Å². The van der Waals surface area contributed by atoms with E-state index in [1.165, 1.54) is 38.9 Å². The third-order valence-electron chi connectivity index (χ3n) is 11.1. The minimum atomic E-state index is -0.138. The summed E-state index contributed by atoms with van der Waals surface area (Å²) in [5.74, 6) is 0. The Kier molecular flexibility index (Phi) is 7.19. The zero-order chi connectivity index (χ0) is 35.5. The average Bonchev–Trinajstić information content (AvgIpc) is 3.71. The molecule has 0 saturated heterocycles. The molecule has 10 rings (SSSR count). The molecule has 8 aromatic carbocycles. The largest absolute Gasteiger partial charge is 0.456 e. The van der Waals surface area contributed by atoms with Crippen LogP contribution in [0.3, 0.4) is 0 Å². The summed E-state index contributed by atoms with van der Waals surface area (Å²) in [5.41, 5.74) is 17.4. The van der Waals surface area contributed by atoms with Gasteiger partial charge in [-0.25, -0.2) is 0 Å². The summed E-state index contributed by atoms with van der Waals surface area (Å²) < 4.78 is 6.39. The molecule has 0 spiro atoms. The summed E-state index contributed by atoms with van der Waals surface area (Å²) in [5, 5.41) is 2.25. The second-order valence-electron chi connectivity index (χ2n) is 14.5. The molecule has 0 fully saturated rings. The number of benzene rings is 8. The molecular weight excluding hydrogens is 643 g/mol. The second-order valence-corrected chi connectivity index (χ2v) is 14.5. The molecule has 9 aromatic rings. The molecule has 0 aliphatic heterocycles. The number of nitrogens with zero attached hydrogens (tertiary/aromatic N) is 1. The summed E-state index contributed by atoms with van der Waals surface area (Å²) in [6, 6.07) is 67.9. The van der Waals surface area contributed by atoms with Gasteiger partial charge in [0.25, 0.3) is 0 Å². The fourth-order valence-corrected chi connectivity index (χ4v) is 8.52. The zero-order valence-corrected chi connectivity index (χ0v) is 29.8. The van der Waals surface area contributed by atoms with Crippen LogP contribution in [0.25, 0.3) is 66.4 Å². The van der Waals surface area contributed by atoms with Crippen LogP contribution in [0.1, 0.15) is 25.0 Å². The van der Waals surface area contributed by atoms with Gasteiger partial charge >= 0.3 is 0 Å². The fraction of sp³-hybridized carbons (Fsp3) is 0.0588. The topological polar surface area (TPSA) is 16.4 Å². The molecule has 0 amide bonds. The molecule has 0 atom stereocenters. The van der Waals surface area contributed by atoms with Crippen LogP contribution in [0.15, 0.2) is 192 Å². The van der Waals surface area contributed by atoms with Crippen LogP contribution in [0.4, 0.5) is 17.1 Å². The van der Waals surface area contributed by atoms with Crippen molar-refractivity contribution in [2.24, 2.45) is 0 Å². The van der Waals surface area contributed by atoms with E-state index in [0.29, 0.717) is 0 Å². The van der Waals surface area contributed by atoms with Gasteiger partial charge < -0.3 is 9.32 Å². The predicted octanol–water partition coefficient (Wildman–Crippen LogP) is 14.4. The van der Waals surface area contributed by atoms with Crippen molar-refractivity contribution in [1.29, 1.82) is 0 Å². The molecule has 0 N–H and O–H groups in total. The zero-order valence-electron chi connectivity index (χ0n) is 29.8. The summed E-state index contributed by atoms with van der Waals surface area (Å²) in [7, 11) is 0. The minimum absolute atomic E-state index is 0.138. The van der Waals surface area contributed by atoms with E-state index in [4.69, 9.17) is 4.42 Å². The lowest BCUT2D eigenvalue weighted by atomic mass is 9.82. The number of anilines is 3. The molecule has 1 heterocycles. The molecule has 1 aliphatic carbocycles. The Morgan fingerprint density at radius 1 is 0.396 bits per heavy atom. The molecule has 0 unspecified atom stereocenters. The maximum Gasteiger partial charge on any atom is 0.136 e. The molecule has 53 heavy (non-hydrogen) atoms. The number of furan rings is 1. The van der Waals surface area contributed by atoms with Crippen molar-refractivity contribution in [3.63, 3.8) is 0 Å². The van der Waals surface area contributed by atoms with Crippen molar-refractivity contribution < 1.29 is 4.42 Å². The standard InChI is InChI=1S/C51H37NO/c1-51(2)44-22-10-6-18-39(44)40-32-31-37(33-45(40)51)52(46-23-11-7-17-38(46)36-29-27-35(28-30-36)34-15-4-3-5-16-34)47-24-12-8-19-41(47)42-21-14-26-49-50(42)43-20-9-13-25-48(43)53-49/h3-33H,1-2H3. The molecule has 0 saturated carbocycles. The van der Waals surface area contributed by atoms with Crippen LogP contribution in [-0.4, -0.2) is 0 Å². The van der Waals surface area contributed by atoms with Crippen LogP contribution in [0.2, 0.25) is 0 Å². The van der Waals surface area contributed by atoms with Crippen LogP contribution in [0.5, 0.6) is 0 Å². The third-order valence-corrected chi connectivity index (χ3v) is 11.1. The van der Waals surface area contributed by atoms with Crippen LogP contribution in [-0.2, 0) is 5.41 Å². The minimum Gasteiger partial charge on any atom is -0.456 e. The smallest absolute Gasteiger partial charge is 0.136 e. The maximum atomic E-state index is 6.39. The van der Waals surface area contributed by atoms with Crippen molar-refractivity contribution in [1.82, 2.24) is 0 Å². The normalized spacial score (nSPS) is 12.9. The Bertz CT molecular complexity index is 2810. The molecule has 0 radical (unpaired) electrons. The van der Waals surface area contributed by atoms with Crippen molar-refractivity contribution >= 4 is 39.0 Å². The first kappa shape index (κ1) is 31.1. The van der Waals surface area contributed by atoms with Gasteiger partial charge in [0.1, 0.15) is 11.2 Å². The van der Waals surface area contributed by atoms with Crippen LogP contribution >= 0.6 is 0 Å². The van der Waals surface area contributed by atoms with Crippen molar-refractivity contribution in [2.45, 2.75) is 19.3 Å². The van der Waals surface area contributed by atoms with E-state index in [0.717, 1.165) is 55.7 Å². The first-order valence-electron chi connectivity index (χ1n) is 18.4. The SMILES string of the molecule is CC1(C)c2ccccc2-c2ccc(N(c3ccccc3-c3ccc(-c4ccccc4)cc3)c3ccccc3-c3cccc4oc5ccccc5c34)cc21. The number of rotatable bonds is 6. The Hall–Kier alpha value is -6.64. The highest BCUT2D eigenvalue weighted by molar-refractivity contribution is 6.14. The Morgan fingerprint density at radius 3 is 1.77 bits per heavy atom. The third kappa shape index (κ3) is 5.02. The van der Waals surface area contributed by atoms with E-state index in [1.807, 2.05) is 6.07 Å². The van der Waals surface area contributed by atoms with Gasteiger partial charge in [0.2, 0.25) is 0 Å². The fourth-order valence-electron chi connectivity index (χ4n) is 8.52. The molecule has 1 aliphatic rings. The van der Waals surface area contributed by atoms with Gasteiger partial charge in [0, 0.05) is 33.0 Å². The lowest BCUT2D eigenvalue weighted by Gasteiger charge is -2.31. The van der Waals surface area contributed by atoms with Gasteiger partial charge in [-0.3, -0.25) is 0 Å². The number of hydrogen-bond acceptors (Lipinski definition) is 2. The molecular formula is C51H37NO. The van der Waals surface area contributed by atoms with Crippen molar-refractivity contribution in [3.8, 4) is 44.5 Å². The monoisotopic (exact) mass is 679 g/mol. The summed E-state index contributed by atoms with van der Waals surface area (Å²) >= 11 is 0. The van der Waals surface area contributed by atoms with Crippen molar-refractivity contribution in [2.75, 3.05) is 4.90 Å². The molecule has 2 heteroatoms. The maximum absolute atomic E-state index is 6.39. The number of para-hydroxylation sites is 3. The highest BCUT2D eigenvalue weighted by Crippen LogP contribution is 2.52. The molecule has 1 aromatic heterocycles. The van der Waals surface area contributed by atoms with Gasteiger partial charge in [-0.1, -0.05) is 166 Å². The van der Waals surface area contributed by atoms with E-state index >= 15 is 0 Å². The van der Waals surface area contributed by atoms with Crippen LogP contribution in [0, 0.1) is 0 Å². The summed E-state index contributed by atoms with van der Waals surface area (Å²) in [6.07, 6.45) is 0. The number of hydrogen-bond donors (Lipinski definition) is 0. The van der Waals surface area contributed by atoms with E-state index in [-0.39, 0.29) is 5.41 Å². The second kappa shape index (κ2) is 12.3. The van der Waals surface area contributed by atoms with E-state index < -0.39 is 0 Å². The first-order valence-corrected chi connectivity index (χ1v) is 18.4. The predicted molar refractivity (Wildman–Crippen MR) is 222 cm³/mol. The molecule has 252 valence electrons. The van der Waals surface area contributed by atoms with E-state index in [9.17, 15) is 0 Å². The molecule has 0 bridgehead atoms. The van der Waals surface area contributed by atoms with E-state index in [2.05, 4.69) is 201 Å². The highest BCUT2D eigenvalue weighted by Gasteiger charge is 2.36. The van der Waals surface area contributed by atoms with E-state index in [1.54, 1.807) is 0 Å². The average molecular weight is 680 g/mol. The number of fused-ring (bicyclic) bond motifs is 6. The van der Waals surface area contributed by atoms with Gasteiger partial charge in [-0.15, -0.1) is 0 Å². The first-order chi connectivity index (χ1) is 26.1.